The van der Waals surface area contributed by atoms with Gasteiger partial charge in [0, 0.05) is 13.1 Å². The minimum Gasteiger partial charge on any atom is -0.342 e. The van der Waals surface area contributed by atoms with Crippen molar-refractivity contribution in [3.05, 3.63) is 11.6 Å². The number of hydrogen-bond donors (Lipinski definition) is 0. The van der Waals surface area contributed by atoms with E-state index in [2.05, 4.69) is 38.7 Å². The van der Waals surface area contributed by atoms with Crippen LogP contribution in [-0.2, 0) is 4.79 Å². The third-order valence-corrected chi connectivity index (χ3v) is 4.36. The number of likely N-dealkylation sites (tertiary alicyclic amines) is 1. The zero-order valence-electron chi connectivity index (χ0n) is 11.6. The summed E-state index contributed by atoms with van der Waals surface area (Å²) in [6, 6.07) is 0. The Balaban J connectivity index is 2.03. The van der Waals surface area contributed by atoms with E-state index in [1.807, 2.05) is 0 Å². The van der Waals surface area contributed by atoms with E-state index in [9.17, 15) is 4.79 Å². The highest BCUT2D eigenvalue weighted by Gasteiger charge is 2.61. The SMILES string of the molecule is CC(C)=CC1C(C(=O)N2CCCCC2)C1(C)C. The van der Waals surface area contributed by atoms with Gasteiger partial charge in [-0.2, -0.15) is 0 Å². The molecular weight excluding hydrogens is 210 g/mol. The van der Waals surface area contributed by atoms with Gasteiger partial charge in [0.05, 0.1) is 5.92 Å². The van der Waals surface area contributed by atoms with Gasteiger partial charge in [-0.3, -0.25) is 4.79 Å². The molecule has 1 aliphatic carbocycles. The average molecular weight is 235 g/mol. The van der Waals surface area contributed by atoms with Crippen LogP contribution in [0.5, 0.6) is 0 Å². The molecule has 0 spiro atoms. The lowest BCUT2D eigenvalue weighted by Crippen LogP contribution is -2.37. The Morgan fingerprint density at radius 1 is 1.18 bits per heavy atom. The quantitative estimate of drug-likeness (QED) is 0.673. The van der Waals surface area contributed by atoms with Crippen LogP contribution in [0.15, 0.2) is 11.6 Å². The van der Waals surface area contributed by atoms with Gasteiger partial charge < -0.3 is 4.90 Å². The molecule has 2 unspecified atom stereocenters. The van der Waals surface area contributed by atoms with Crippen molar-refractivity contribution < 1.29 is 4.79 Å². The molecule has 1 heterocycles. The third-order valence-electron chi connectivity index (χ3n) is 4.36. The zero-order chi connectivity index (χ0) is 12.6. The Labute approximate surface area is 105 Å². The van der Waals surface area contributed by atoms with Gasteiger partial charge in [0.1, 0.15) is 0 Å². The maximum Gasteiger partial charge on any atom is 0.226 e. The van der Waals surface area contributed by atoms with E-state index < -0.39 is 0 Å². The standard InChI is InChI=1S/C15H25NO/c1-11(2)10-12-13(15(12,3)4)14(17)16-8-6-5-7-9-16/h10,12-13H,5-9H2,1-4H3. The van der Waals surface area contributed by atoms with E-state index in [-0.39, 0.29) is 11.3 Å². The van der Waals surface area contributed by atoms with Crippen molar-refractivity contribution in [3.63, 3.8) is 0 Å². The van der Waals surface area contributed by atoms with Gasteiger partial charge in [0.2, 0.25) is 5.91 Å². The van der Waals surface area contributed by atoms with Crippen molar-refractivity contribution >= 4 is 5.91 Å². The first-order valence-corrected chi connectivity index (χ1v) is 6.88. The normalized spacial score (nSPS) is 30.9. The summed E-state index contributed by atoms with van der Waals surface area (Å²) in [5.41, 5.74) is 1.50. The summed E-state index contributed by atoms with van der Waals surface area (Å²) in [7, 11) is 0. The summed E-state index contributed by atoms with van der Waals surface area (Å²) in [4.78, 5) is 14.6. The first-order valence-electron chi connectivity index (χ1n) is 6.88. The van der Waals surface area contributed by atoms with Crippen LogP contribution >= 0.6 is 0 Å². The maximum absolute atomic E-state index is 12.5. The van der Waals surface area contributed by atoms with Gasteiger partial charge in [-0.25, -0.2) is 0 Å². The molecule has 1 saturated carbocycles. The molecule has 0 aromatic rings. The van der Waals surface area contributed by atoms with Crippen LogP contribution < -0.4 is 0 Å². The molecule has 2 nitrogen and oxygen atoms in total. The van der Waals surface area contributed by atoms with Gasteiger partial charge in [-0.1, -0.05) is 25.5 Å². The predicted molar refractivity (Wildman–Crippen MR) is 70.6 cm³/mol. The molecule has 2 heteroatoms. The Hall–Kier alpha value is -0.790. The first-order chi connectivity index (χ1) is 7.94. The highest BCUT2D eigenvalue weighted by molar-refractivity contribution is 5.83. The van der Waals surface area contributed by atoms with Crippen molar-refractivity contribution in [2.45, 2.75) is 47.0 Å². The second-order valence-electron chi connectivity index (χ2n) is 6.45. The number of carbonyl (C=O) groups excluding carboxylic acids is 1. The first kappa shape index (κ1) is 12.7. The molecule has 0 aromatic heterocycles. The fourth-order valence-electron chi connectivity index (χ4n) is 3.13. The van der Waals surface area contributed by atoms with Crippen molar-refractivity contribution in [2.24, 2.45) is 17.3 Å². The molecule has 17 heavy (non-hydrogen) atoms. The molecule has 2 rings (SSSR count). The van der Waals surface area contributed by atoms with Crippen LogP contribution in [0.4, 0.5) is 0 Å². The van der Waals surface area contributed by atoms with E-state index in [1.54, 1.807) is 0 Å². The van der Waals surface area contributed by atoms with Gasteiger partial charge in [-0.15, -0.1) is 0 Å². The Morgan fingerprint density at radius 3 is 2.29 bits per heavy atom. The molecule has 2 aliphatic rings. The number of carbonyl (C=O) groups is 1. The summed E-state index contributed by atoms with van der Waals surface area (Å²) < 4.78 is 0. The summed E-state index contributed by atoms with van der Waals surface area (Å²) in [6.07, 6.45) is 5.94. The van der Waals surface area contributed by atoms with E-state index in [1.165, 1.54) is 24.8 Å². The van der Waals surface area contributed by atoms with Crippen molar-refractivity contribution in [1.29, 1.82) is 0 Å². The maximum atomic E-state index is 12.5. The van der Waals surface area contributed by atoms with Gasteiger partial charge in [0.25, 0.3) is 0 Å². The molecule has 2 fully saturated rings. The number of amides is 1. The number of hydrogen-bond acceptors (Lipinski definition) is 1. The highest BCUT2D eigenvalue weighted by atomic mass is 16.2. The minimum absolute atomic E-state index is 0.172. The summed E-state index contributed by atoms with van der Waals surface area (Å²) in [5.74, 6) is 1.09. The number of allylic oxidation sites excluding steroid dienone is 2. The fraction of sp³-hybridized carbons (Fsp3) is 0.800. The van der Waals surface area contributed by atoms with Crippen LogP contribution in [0.25, 0.3) is 0 Å². The molecule has 0 bridgehead atoms. The van der Waals surface area contributed by atoms with E-state index in [0.29, 0.717) is 11.8 Å². The van der Waals surface area contributed by atoms with Crippen LogP contribution in [0.3, 0.4) is 0 Å². The molecule has 0 aromatic carbocycles. The Kier molecular flexibility index (Phi) is 3.33. The molecule has 96 valence electrons. The summed E-state index contributed by atoms with van der Waals surface area (Å²) in [6.45, 7) is 10.7. The van der Waals surface area contributed by atoms with Crippen LogP contribution in [0.2, 0.25) is 0 Å². The summed E-state index contributed by atoms with van der Waals surface area (Å²) >= 11 is 0. The van der Waals surface area contributed by atoms with E-state index >= 15 is 0 Å². The lowest BCUT2D eigenvalue weighted by molar-refractivity contribution is -0.134. The van der Waals surface area contributed by atoms with Crippen molar-refractivity contribution in [2.75, 3.05) is 13.1 Å². The third kappa shape index (κ3) is 2.41. The molecule has 1 amide bonds. The highest BCUT2D eigenvalue weighted by Crippen LogP contribution is 2.60. The van der Waals surface area contributed by atoms with E-state index in [4.69, 9.17) is 0 Å². The number of piperidine rings is 1. The number of nitrogens with zero attached hydrogens (tertiary/aromatic N) is 1. The minimum atomic E-state index is 0.172. The summed E-state index contributed by atoms with van der Waals surface area (Å²) in [5, 5.41) is 0. The average Bonchev–Trinajstić information content (AvgIpc) is 2.80. The van der Waals surface area contributed by atoms with Crippen molar-refractivity contribution in [1.82, 2.24) is 4.90 Å². The van der Waals surface area contributed by atoms with Gasteiger partial charge in [0.15, 0.2) is 0 Å². The smallest absolute Gasteiger partial charge is 0.226 e. The van der Waals surface area contributed by atoms with Gasteiger partial charge in [-0.05, 0) is 44.4 Å². The Bertz CT molecular complexity index is 333. The topological polar surface area (TPSA) is 20.3 Å². The monoisotopic (exact) mass is 235 g/mol. The molecule has 2 atom stereocenters. The molecule has 1 saturated heterocycles. The lowest BCUT2D eigenvalue weighted by Gasteiger charge is -2.27. The molecule has 0 radical (unpaired) electrons. The van der Waals surface area contributed by atoms with Crippen molar-refractivity contribution in [3.8, 4) is 0 Å². The lowest BCUT2D eigenvalue weighted by atomic mass is 10.1. The largest absolute Gasteiger partial charge is 0.342 e. The molecule has 1 aliphatic heterocycles. The fourth-order valence-corrected chi connectivity index (χ4v) is 3.13. The Morgan fingerprint density at radius 2 is 1.76 bits per heavy atom. The molecule has 0 N–H and O–H groups in total. The second kappa shape index (κ2) is 4.47. The number of rotatable bonds is 2. The molecular formula is C15H25NO. The second-order valence-corrected chi connectivity index (χ2v) is 6.45. The van der Waals surface area contributed by atoms with Gasteiger partial charge >= 0.3 is 0 Å². The zero-order valence-corrected chi connectivity index (χ0v) is 11.6. The van der Waals surface area contributed by atoms with E-state index in [0.717, 1.165) is 13.1 Å². The van der Waals surface area contributed by atoms with Crippen LogP contribution in [0, 0.1) is 17.3 Å². The van der Waals surface area contributed by atoms with Crippen LogP contribution in [0.1, 0.15) is 47.0 Å². The predicted octanol–water partition coefficient (Wildman–Crippen LogP) is 3.24. The van der Waals surface area contributed by atoms with Crippen LogP contribution in [-0.4, -0.2) is 23.9 Å².